The number of benzene rings is 3. The van der Waals surface area contributed by atoms with Gasteiger partial charge in [0.1, 0.15) is 23.0 Å². The highest BCUT2D eigenvalue weighted by Gasteiger charge is 2.25. The van der Waals surface area contributed by atoms with Crippen LogP contribution >= 0.6 is 0 Å². The minimum Gasteiger partial charge on any atom is -0.497 e. The summed E-state index contributed by atoms with van der Waals surface area (Å²) >= 11 is 0. The molecule has 1 heterocycles. The highest BCUT2D eigenvalue weighted by atomic mass is 32.2. The Labute approximate surface area is 201 Å². The first-order valence-electron chi connectivity index (χ1n) is 10.7. The third-order valence-electron chi connectivity index (χ3n) is 5.65. The normalized spacial score (nSPS) is 11.4. The molecule has 0 unspecified atom stereocenters. The number of aromatic nitrogens is 1. The van der Waals surface area contributed by atoms with Crippen LogP contribution in [0.3, 0.4) is 0 Å². The first-order valence-corrected chi connectivity index (χ1v) is 12.2. The van der Waals surface area contributed by atoms with Gasteiger partial charge in [0.25, 0.3) is 0 Å². The lowest BCUT2D eigenvalue weighted by atomic mass is 10.1. The molecule has 7 nitrogen and oxygen atoms in total. The number of nitrogens with zero attached hydrogens (tertiary/aromatic N) is 1. The summed E-state index contributed by atoms with van der Waals surface area (Å²) < 4.78 is 47.1. The second-order valence-corrected chi connectivity index (χ2v) is 10.1. The summed E-state index contributed by atoms with van der Waals surface area (Å²) in [6.45, 7) is 3.46. The summed E-state index contributed by atoms with van der Waals surface area (Å²) in [4.78, 5) is 25.4. The molecule has 3 aromatic carbocycles. The number of methoxy groups -OCH3 is 1. The molecular formula is C26H23FN2O5S. The Kier molecular flexibility index (Phi) is 6.45. The largest absolute Gasteiger partial charge is 0.497 e. The number of hydrogen-bond donors (Lipinski definition) is 1. The fourth-order valence-electron chi connectivity index (χ4n) is 3.76. The number of ether oxygens (including phenoxy) is 1. The van der Waals surface area contributed by atoms with Gasteiger partial charge < -0.3 is 14.6 Å². The molecule has 4 aromatic rings. The van der Waals surface area contributed by atoms with E-state index in [9.17, 15) is 22.4 Å². The Morgan fingerprint density at radius 3 is 2.43 bits per heavy atom. The molecule has 180 valence electrons. The van der Waals surface area contributed by atoms with Crippen molar-refractivity contribution in [3.63, 3.8) is 0 Å². The number of sulfone groups is 1. The van der Waals surface area contributed by atoms with Crippen LogP contribution in [0.1, 0.15) is 11.1 Å². The van der Waals surface area contributed by atoms with Crippen molar-refractivity contribution in [3.05, 3.63) is 94.0 Å². The second-order valence-electron chi connectivity index (χ2n) is 8.16. The van der Waals surface area contributed by atoms with Crippen molar-refractivity contribution in [1.82, 2.24) is 4.57 Å². The van der Waals surface area contributed by atoms with Crippen molar-refractivity contribution in [2.24, 2.45) is 0 Å². The van der Waals surface area contributed by atoms with Crippen molar-refractivity contribution in [3.8, 4) is 5.75 Å². The van der Waals surface area contributed by atoms with Gasteiger partial charge in [0.05, 0.1) is 17.5 Å². The highest BCUT2D eigenvalue weighted by Crippen LogP contribution is 2.24. The van der Waals surface area contributed by atoms with Gasteiger partial charge in [-0.3, -0.25) is 9.59 Å². The van der Waals surface area contributed by atoms with E-state index in [2.05, 4.69) is 5.32 Å². The number of carbonyl (C=O) groups is 1. The molecule has 0 aliphatic carbocycles. The molecular weight excluding hydrogens is 471 g/mol. The minimum absolute atomic E-state index is 0.127. The SMILES string of the molecule is COc1ccc(S(=O)(=O)c2cn(CC(=O)Nc3cc(C)ccc3C)c3ccc(F)cc3c2=O)cc1. The number of halogens is 1. The first kappa shape index (κ1) is 24.2. The van der Waals surface area contributed by atoms with Gasteiger partial charge in [-0.05, 0) is 73.5 Å². The van der Waals surface area contributed by atoms with E-state index in [1.165, 1.54) is 42.0 Å². The van der Waals surface area contributed by atoms with Crippen LogP contribution in [-0.2, 0) is 21.2 Å². The van der Waals surface area contributed by atoms with Gasteiger partial charge in [-0.15, -0.1) is 0 Å². The molecule has 0 fully saturated rings. The molecule has 0 aliphatic heterocycles. The number of carbonyl (C=O) groups excluding carboxylic acids is 1. The van der Waals surface area contributed by atoms with Gasteiger partial charge in [-0.2, -0.15) is 0 Å². The average Bonchev–Trinajstić information content (AvgIpc) is 2.83. The van der Waals surface area contributed by atoms with Crippen LogP contribution < -0.4 is 15.5 Å². The summed E-state index contributed by atoms with van der Waals surface area (Å²) in [6, 6.07) is 14.7. The van der Waals surface area contributed by atoms with Crippen LogP contribution in [0.15, 0.2) is 81.4 Å². The van der Waals surface area contributed by atoms with Crippen molar-refractivity contribution in [1.29, 1.82) is 0 Å². The second kappa shape index (κ2) is 9.34. The summed E-state index contributed by atoms with van der Waals surface area (Å²) in [5.74, 6) is -0.675. The van der Waals surface area contributed by atoms with Crippen LogP contribution in [0.4, 0.5) is 10.1 Å². The van der Waals surface area contributed by atoms with Gasteiger partial charge in [-0.25, -0.2) is 12.8 Å². The number of amides is 1. The van der Waals surface area contributed by atoms with Crippen molar-refractivity contribution in [2.45, 2.75) is 30.2 Å². The van der Waals surface area contributed by atoms with Gasteiger partial charge in [0.2, 0.25) is 21.2 Å². The fourth-order valence-corrected chi connectivity index (χ4v) is 5.13. The molecule has 0 saturated carbocycles. The molecule has 0 spiro atoms. The molecule has 9 heteroatoms. The molecule has 0 saturated heterocycles. The Balaban J connectivity index is 1.81. The molecule has 1 amide bonds. The van der Waals surface area contributed by atoms with Crippen molar-refractivity contribution >= 4 is 32.3 Å². The fraction of sp³-hybridized carbons (Fsp3) is 0.154. The number of fused-ring (bicyclic) bond motifs is 1. The Morgan fingerprint density at radius 2 is 1.74 bits per heavy atom. The number of nitrogens with one attached hydrogen (secondary N) is 1. The zero-order valence-electron chi connectivity index (χ0n) is 19.3. The van der Waals surface area contributed by atoms with E-state index in [1.54, 1.807) is 0 Å². The van der Waals surface area contributed by atoms with Crippen LogP contribution in [0.25, 0.3) is 10.9 Å². The van der Waals surface area contributed by atoms with E-state index >= 15 is 0 Å². The number of hydrogen-bond acceptors (Lipinski definition) is 5. The standard InChI is InChI=1S/C26H23FN2O5S/c1-16-4-5-17(2)22(12-16)28-25(30)15-29-14-24(26(31)21-13-18(27)6-11-23(21)29)35(32,33)20-9-7-19(34-3)8-10-20/h4-14H,15H2,1-3H3,(H,28,30). The summed E-state index contributed by atoms with van der Waals surface area (Å²) in [5.41, 5.74) is 1.83. The van der Waals surface area contributed by atoms with Crippen LogP contribution in [-0.4, -0.2) is 26.0 Å². The third kappa shape index (κ3) is 4.81. The van der Waals surface area contributed by atoms with Gasteiger partial charge >= 0.3 is 0 Å². The highest BCUT2D eigenvalue weighted by molar-refractivity contribution is 7.91. The van der Waals surface area contributed by atoms with Crippen LogP contribution in [0, 0.1) is 19.7 Å². The first-order chi connectivity index (χ1) is 16.6. The molecule has 1 aromatic heterocycles. The Bertz CT molecular complexity index is 1610. The zero-order chi connectivity index (χ0) is 25.3. The quantitative estimate of drug-likeness (QED) is 0.433. The number of aryl methyl sites for hydroxylation is 2. The summed E-state index contributed by atoms with van der Waals surface area (Å²) in [6.07, 6.45) is 1.13. The van der Waals surface area contributed by atoms with E-state index in [1.807, 2.05) is 32.0 Å². The lowest BCUT2D eigenvalue weighted by Crippen LogP contribution is -2.24. The molecule has 0 aliphatic rings. The van der Waals surface area contributed by atoms with Crippen molar-refractivity contribution in [2.75, 3.05) is 12.4 Å². The lowest BCUT2D eigenvalue weighted by Gasteiger charge is -2.15. The monoisotopic (exact) mass is 494 g/mol. The molecule has 35 heavy (non-hydrogen) atoms. The molecule has 0 radical (unpaired) electrons. The van der Waals surface area contributed by atoms with E-state index in [-0.39, 0.29) is 22.3 Å². The van der Waals surface area contributed by atoms with Gasteiger partial charge in [-0.1, -0.05) is 12.1 Å². The number of rotatable bonds is 6. The maximum atomic E-state index is 14.0. The molecule has 1 N–H and O–H groups in total. The number of pyridine rings is 1. The zero-order valence-corrected chi connectivity index (χ0v) is 20.1. The van der Waals surface area contributed by atoms with Crippen LogP contribution in [0.5, 0.6) is 5.75 Å². The maximum absolute atomic E-state index is 14.0. The smallest absolute Gasteiger partial charge is 0.244 e. The minimum atomic E-state index is -4.27. The van der Waals surface area contributed by atoms with E-state index in [4.69, 9.17) is 4.74 Å². The van der Waals surface area contributed by atoms with Gasteiger partial charge in [0.15, 0.2) is 0 Å². The van der Waals surface area contributed by atoms with E-state index in [0.717, 1.165) is 29.5 Å². The van der Waals surface area contributed by atoms with E-state index in [0.29, 0.717) is 11.4 Å². The predicted octanol–water partition coefficient (Wildman–Crippen LogP) is 4.24. The molecule has 4 rings (SSSR count). The third-order valence-corrected chi connectivity index (χ3v) is 7.41. The Hall–Kier alpha value is -3.98. The van der Waals surface area contributed by atoms with E-state index < -0.39 is 31.9 Å². The topological polar surface area (TPSA) is 94.5 Å². The summed E-state index contributed by atoms with van der Waals surface area (Å²) in [5, 5.41) is 2.68. The Morgan fingerprint density at radius 1 is 1.03 bits per heavy atom. The lowest BCUT2D eigenvalue weighted by molar-refractivity contribution is -0.116. The average molecular weight is 495 g/mol. The summed E-state index contributed by atoms with van der Waals surface area (Å²) in [7, 11) is -2.82. The molecule has 0 bridgehead atoms. The molecule has 0 atom stereocenters. The maximum Gasteiger partial charge on any atom is 0.244 e. The predicted molar refractivity (Wildman–Crippen MR) is 131 cm³/mol. The van der Waals surface area contributed by atoms with Crippen molar-refractivity contribution < 1.29 is 22.3 Å². The van der Waals surface area contributed by atoms with Gasteiger partial charge in [0, 0.05) is 17.3 Å². The van der Waals surface area contributed by atoms with Crippen LogP contribution in [0.2, 0.25) is 0 Å². The number of anilines is 1.